The van der Waals surface area contributed by atoms with Crippen molar-refractivity contribution in [1.82, 2.24) is 4.98 Å². The molecule has 0 atom stereocenters. The molecule has 1 heterocycles. The maximum absolute atomic E-state index is 12.3. The highest BCUT2D eigenvalue weighted by atomic mass is 16.2. The second kappa shape index (κ2) is 4.63. The van der Waals surface area contributed by atoms with Gasteiger partial charge in [-0.25, -0.2) is 0 Å². The number of nitrogens with two attached hydrogens (primary N) is 1. The van der Waals surface area contributed by atoms with Crippen LogP contribution in [0.4, 0.5) is 5.69 Å². The molecule has 1 aromatic carbocycles. The van der Waals surface area contributed by atoms with E-state index in [1.54, 1.807) is 12.4 Å². The van der Waals surface area contributed by atoms with Crippen LogP contribution in [0.3, 0.4) is 0 Å². The third-order valence-electron chi connectivity index (χ3n) is 3.88. The van der Waals surface area contributed by atoms with Crippen molar-refractivity contribution in [2.24, 2.45) is 5.73 Å². The summed E-state index contributed by atoms with van der Waals surface area (Å²) in [5.74, 6) is -0.0821. The molecular formula is C15H17N3O. The van der Waals surface area contributed by atoms with Crippen molar-refractivity contribution >= 4 is 22.4 Å². The van der Waals surface area contributed by atoms with E-state index in [1.165, 1.54) is 0 Å². The average molecular weight is 255 g/mol. The van der Waals surface area contributed by atoms with Gasteiger partial charge in [-0.05, 0) is 30.4 Å². The minimum Gasteiger partial charge on any atom is -0.324 e. The number of hydrogen-bond donors (Lipinski definition) is 2. The van der Waals surface area contributed by atoms with E-state index in [-0.39, 0.29) is 5.91 Å². The molecule has 0 spiro atoms. The molecule has 0 radical (unpaired) electrons. The number of rotatable bonds is 2. The fourth-order valence-corrected chi connectivity index (χ4v) is 2.70. The number of hydrogen-bond acceptors (Lipinski definition) is 3. The SMILES string of the molecule is NC1(C(=O)Nc2cccc3ccncc23)CCCC1. The third-order valence-corrected chi connectivity index (χ3v) is 3.88. The van der Waals surface area contributed by atoms with Gasteiger partial charge in [0.25, 0.3) is 0 Å². The molecule has 3 N–H and O–H groups in total. The van der Waals surface area contributed by atoms with Gasteiger partial charge >= 0.3 is 0 Å². The van der Waals surface area contributed by atoms with Crippen molar-refractivity contribution in [2.75, 3.05) is 5.32 Å². The summed E-state index contributed by atoms with van der Waals surface area (Å²) in [7, 11) is 0. The van der Waals surface area contributed by atoms with E-state index < -0.39 is 5.54 Å². The Hall–Kier alpha value is -1.94. The van der Waals surface area contributed by atoms with Crippen molar-refractivity contribution in [3.05, 3.63) is 36.7 Å². The first-order valence-corrected chi connectivity index (χ1v) is 6.62. The van der Waals surface area contributed by atoms with E-state index in [2.05, 4.69) is 10.3 Å². The Kier molecular flexibility index (Phi) is 2.95. The fourth-order valence-electron chi connectivity index (χ4n) is 2.70. The molecule has 2 aromatic rings. The summed E-state index contributed by atoms with van der Waals surface area (Å²) in [6, 6.07) is 7.75. The molecule has 0 unspecified atom stereocenters. The molecule has 3 rings (SSSR count). The van der Waals surface area contributed by atoms with Crippen molar-refractivity contribution in [2.45, 2.75) is 31.2 Å². The van der Waals surface area contributed by atoms with Crippen LogP contribution in [0.15, 0.2) is 36.7 Å². The molecule has 1 fully saturated rings. The molecule has 98 valence electrons. The second-order valence-electron chi connectivity index (χ2n) is 5.22. The quantitative estimate of drug-likeness (QED) is 0.866. The Morgan fingerprint density at radius 1 is 1.26 bits per heavy atom. The summed E-state index contributed by atoms with van der Waals surface area (Å²) in [5, 5.41) is 4.97. The number of fused-ring (bicyclic) bond motifs is 1. The van der Waals surface area contributed by atoms with Gasteiger partial charge in [0.2, 0.25) is 5.91 Å². The second-order valence-corrected chi connectivity index (χ2v) is 5.22. The van der Waals surface area contributed by atoms with E-state index in [0.717, 1.165) is 42.1 Å². The standard InChI is InChI=1S/C15H17N3O/c16-15(7-1-2-8-15)14(19)18-13-5-3-4-11-6-9-17-10-12(11)13/h3-6,9-10H,1-2,7-8,16H2,(H,18,19). The number of nitrogens with one attached hydrogen (secondary N) is 1. The van der Waals surface area contributed by atoms with Gasteiger partial charge in [0.15, 0.2) is 0 Å². The average Bonchev–Trinajstić information content (AvgIpc) is 2.87. The minimum atomic E-state index is -0.704. The van der Waals surface area contributed by atoms with E-state index >= 15 is 0 Å². The molecule has 1 aliphatic rings. The van der Waals surface area contributed by atoms with E-state index in [1.807, 2.05) is 24.3 Å². The van der Waals surface area contributed by atoms with Crippen molar-refractivity contribution in [1.29, 1.82) is 0 Å². The smallest absolute Gasteiger partial charge is 0.244 e. The molecule has 1 aromatic heterocycles. The number of carbonyl (C=O) groups excluding carboxylic acids is 1. The van der Waals surface area contributed by atoms with Crippen LogP contribution in [-0.4, -0.2) is 16.4 Å². The molecule has 19 heavy (non-hydrogen) atoms. The minimum absolute atomic E-state index is 0.0821. The van der Waals surface area contributed by atoms with Crippen LogP contribution in [0.5, 0.6) is 0 Å². The van der Waals surface area contributed by atoms with Crippen LogP contribution in [0.2, 0.25) is 0 Å². The van der Waals surface area contributed by atoms with Gasteiger partial charge in [-0.3, -0.25) is 9.78 Å². The highest BCUT2D eigenvalue weighted by Gasteiger charge is 2.37. The fraction of sp³-hybridized carbons (Fsp3) is 0.333. The lowest BCUT2D eigenvalue weighted by molar-refractivity contribution is -0.120. The Balaban J connectivity index is 1.91. The Morgan fingerprint density at radius 2 is 2.05 bits per heavy atom. The number of nitrogens with zero attached hydrogens (tertiary/aromatic N) is 1. The van der Waals surface area contributed by atoms with Gasteiger partial charge in [0, 0.05) is 17.8 Å². The van der Waals surface area contributed by atoms with Crippen LogP contribution in [-0.2, 0) is 4.79 Å². The molecule has 1 aliphatic carbocycles. The zero-order valence-corrected chi connectivity index (χ0v) is 10.7. The number of pyridine rings is 1. The molecule has 4 heteroatoms. The van der Waals surface area contributed by atoms with Crippen LogP contribution >= 0.6 is 0 Å². The summed E-state index contributed by atoms with van der Waals surface area (Å²) in [6.45, 7) is 0. The summed E-state index contributed by atoms with van der Waals surface area (Å²) in [5.41, 5.74) is 6.25. The number of anilines is 1. The highest BCUT2D eigenvalue weighted by Crippen LogP contribution is 2.29. The van der Waals surface area contributed by atoms with Gasteiger partial charge in [-0.1, -0.05) is 25.0 Å². The summed E-state index contributed by atoms with van der Waals surface area (Å²) < 4.78 is 0. The van der Waals surface area contributed by atoms with E-state index in [4.69, 9.17) is 5.73 Å². The van der Waals surface area contributed by atoms with Crippen molar-refractivity contribution in [3.8, 4) is 0 Å². The predicted molar refractivity (Wildman–Crippen MR) is 75.8 cm³/mol. The normalized spacial score (nSPS) is 17.5. The van der Waals surface area contributed by atoms with Crippen molar-refractivity contribution in [3.63, 3.8) is 0 Å². The van der Waals surface area contributed by atoms with Crippen LogP contribution in [0.25, 0.3) is 10.8 Å². The third kappa shape index (κ3) is 2.19. The van der Waals surface area contributed by atoms with Gasteiger partial charge in [0.1, 0.15) is 0 Å². The van der Waals surface area contributed by atoms with Crippen LogP contribution < -0.4 is 11.1 Å². The zero-order valence-electron chi connectivity index (χ0n) is 10.7. The molecule has 0 saturated heterocycles. The first-order valence-electron chi connectivity index (χ1n) is 6.62. The molecule has 4 nitrogen and oxygen atoms in total. The van der Waals surface area contributed by atoms with Crippen LogP contribution in [0, 0.1) is 0 Å². The van der Waals surface area contributed by atoms with Gasteiger partial charge in [-0.2, -0.15) is 0 Å². The van der Waals surface area contributed by atoms with Gasteiger partial charge < -0.3 is 11.1 Å². The molecule has 0 aliphatic heterocycles. The van der Waals surface area contributed by atoms with Gasteiger partial charge in [-0.15, -0.1) is 0 Å². The van der Waals surface area contributed by atoms with Gasteiger partial charge in [0.05, 0.1) is 11.2 Å². The molecular weight excluding hydrogens is 238 g/mol. The maximum Gasteiger partial charge on any atom is 0.244 e. The molecule has 1 amide bonds. The van der Waals surface area contributed by atoms with E-state index in [9.17, 15) is 4.79 Å². The zero-order chi connectivity index (χ0) is 13.3. The molecule has 0 bridgehead atoms. The van der Waals surface area contributed by atoms with E-state index in [0.29, 0.717) is 0 Å². The predicted octanol–water partition coefficient (Wildman–Crippen LogP) is 2.44. The lowest BCUT2D eigenvalue weighted by Crippen LogP contribution is -2.48. The first kappa shape index (κ1) is 12.1. The molecule has 1 saturated carbocycles. The Bertz CT molecular complexity index is 612. The first-order chi connectivity index (χ1) is 9.19. The number of amides is 1. The van der Waals surface area contributed by atoms with Crippen molar-refractivity contribution < 1.29 is 4.79 Å². The summed E-state index contributed by atoms with van der Waals surface area (Å²) in [6.07, 6.45) is 7.10. The monoisotopic (exact) mass is 255 g/mol. The topological polar surface area (TPSA) is 68.0 Å². The largest absolute Gasteiger partial charge is 0.324 e. The Morgan fingerprint density at radius 3 is 2.84 bits per heavy atom. The maximum atomic E-state index is 12.3. The van der Waals surface area contributed by atoms with Crippen LogP contribution in [0.1, 0.15) is 25.7 Å². The number of carbonyl (C=O) groups is 1. The lowest BCUT2D eigenvalue weighted by atomic mass is 9.98. The number of aromatic nitrogens is 1. The summed E-state index contributed by atoms with van der Waals surface area (Å²) in [4.78, 5) is 16.4. The highest BCUT2D eigenvalue weighted by molar-refractivity contribution is 6.05. The lowest BCUT2D eigenvalue weighted by Gasteiger charge is -2.22. The Labute approximate surface area is 112 Å². The summed E-state index contributed by atoms with van der Waals surface area (Å²) >= 11 is 0. The number of benzene rings is 1.